The number of rotatable bonds is 5. The molecule has 6 nitrogen and oxygen atoms in total. The van der Waals surface area contributed by atoms with Gasteiger partial charge in [0.15, 0.2) is 0 Å². The molecule has 1 aromatic carbocycles. The van der Waals surface area contributed by atoms with Crippen molar-refractivity contribution >= 4 is 23.5 Å². The lowest BCUT2D eigenvalue weighted by Crippen LogP contribution is -2.38. The zero-order valence-corrected chi connectivity index (χ0v) is 14.5. The number of nitrogens with one attached hydrogen (secondary N) is 1. The van der Waals surface area contributed by atoms with Crippen LogP contribution in [0.15, 0.2) is 24.3 Å². The Bertz CT molecular complexity index is 667. The molecule has 6 heteroatoms. The Morgan fingerprint density at radius 1 is 1.24 bits per heavy atom. The Morgan fingerprint density at radius 3 is 2.68 bits per heavy atom. The van der Waals surface area contributed by atoms with Crippen LogP contribution in [-0.2, 0) is 14.3 Å². The van der Waals surface area contributed by atoms with E-state index in [0.717, 1.165) is 25.7 Å². The van der Waals surface area contributed by atoms with Gasteiger partial charge in [0.05, 0.1) is 23.8 Å². The van der Waals surface area contributed by atoms with Crippen molar-refractivity contribution in [2.45, 2.75) is 45.1 Å². The molecule has 1 unspecified atom stereocenters. The minimum atomic E-state index is -0.454. The zero-order valence-electron chi connectivity index (χ0n) is 14.5. The molecule has 1 heterocycles. The van der Waals surface area contributed by atoms with Crippen molar-refractivity contribution in [2.24, 2.45) is 5.92 Å². The van der Waals surface area contributed by atoms with E-state index >= 15 is 0 Å². The number of carbonyl (C=O) groups is 3. The summed E-state index contributed by atoms with van der Waals surface area (Å²) in [6.45, 7) is 2.31. The summed E-state index contributed by atoms with van der Waals surface area (Å²) < 4.78 is 5.07. The molecule has 1 saturated heterocycles. The van der Waals surface area contributed by atoms with Crippen LogP contribution in [0.1, 0.15) is 49.4 Å². The Balaban J connectivity index is 1.72. The summed E-state index contributed by atoms with van der Waals surface area (Å²) in [5.74, 6) is -1.02. The molecule has 1 saturated carbocycles. The molecule has 2 amide bonds. The normalized spacial score (nSPS) is 20.8. The molecule has 1 aliphatic carbocycles. The SMILES string of the molecule is CCOC(=O)c1ccccc1N1CC(C(=O)NC2CCCC2)CC1=O. The van der Waals surface area contributed by atoms with Gasteiger partial charge in [-0.3, -0.25) is 9.59 Å². The number of amides is 2. The topological polar surface area (TPSA) is 75.7 Å². The summed E-state index contributed by atoms with van der Waals surface area (Å²) in [5.41, 5.74) is 0.872. The molecular formula is C19H24N2O4. The van der Waals surface area contributed by atoms with E-state index in [9.17, 15) is 14.4 Å². The number of hydrogen-bond acceptors (Lipinski definition) is 4. The molecule has 0 radical (unpaired) electrons. The first kappa shape index (κ1) is 17.5. The summed E-state index contributed by atoms with van der Waals surface area (Å²) in [6, 6.07) is 7.12. The van der Waals surface area contributed by atoms with Gasteiger partial charge in [0.1, 0.15) is 0 Å². The maximum Gasteiger partial charge on any atom is 0.340 e. The lowest BCUT2D eigenvalue weighted by atomic mass is 10.1. The van der Waals surface area contributed by atoms with Crippen LogP contribution in [0.2, 0.25) is 0 Å². The van der Waals surface area contributed by atoms with Crippen molar-refractivity contribution in [3.05, 3.63) is 29.8 Å². The van der Waals surface area contributed by atoms with Gasteiger partial charge in [0.2, 0.25) is 11.8 Å². The number of nitrogens with zero attached hydrogens (tertiary/aromatic N) is 1. The Morgan fingerprint density at radius 2 is 1.96 bits per heavy atom. The molecule has 1 aliphatic heterocycles. The zero-order chi connectivity index (χ0) is 17.8. The maximum absolute atomic E-state index is 12.5. The van der Waals surface area contributed by atoms with E-state index in [-0.39, 0.29) is 36.8 Å². The smallest absolute Gasteiger partial charge is 0.340 e. The molecule has 1 atom stereocenters. The van der Waals surface area contributed by atoms with Crippen LogP contribution in [-0.4, -0.2) is 37.0 Å². The highest BCUT2D eigenvalue weighted by Gasteiger charge is 2.37. The van der Waals surface area contributed by atoms with E-state index < -0.39 is 5.97 Å². The van der Waals surface area contributed by atoms with Gasteiger partial charge >= 0.3 is 5.97 Å². The van der Waals surface area contributed by atoms with Gasteiger partial charge in [-0.15, -0.1) is 0 Å². The van der Waals surface area contributed by atoms with Gasteiger partial charge in [0.25, 0.3) is 0 Å². The molecule has 3 rings (SSSR count). The molecule has 2 fully saturated rings. The average Bonchev–Trinajstić information content (AvgIpc) is 3.24. The lowest BCUT2D eigenvalue weighted by molar-refractivity contribution is -0.126. The predicted molar refractivity (Wildman–Crippen MR) is 93.3 cm³/mol. The highest BCUT2D eigenvalue weighted by Crippen LogP contribution is 2.29. The van der Waals surface area contributed by atoms with Crippen molar-refractivity contribution < 1.29 is 19.1 Å². The summed E-state index contributed by atoms with van der Waals surface area (Å²) in [6.07, 6.45) is 4.50. The second kappa shape index (κ2) is 7.68. The van der Waals surface area contributed by atoms with E-state index in [2.05, 4.69) is 5.32 Å². The van der Waals surface area contributed by atoms with E-state index in [4.69, 9.17) is 4.74 Å². The second-order valence-electron chi connectivity index (χ2n) is 6.63. The summed E-state index contributed by atoms with van der Waals surface area (Å²) >= 11 is 0. The van der Waals surface area contributed by atoms with Crippen LogP contribution in [0, 0.1) is 5.92 Å². The molecule has 25 heavy (non-hydrogen) atoms. The van der Waals surface area contributed by atoms with Crippen LogP contribution < -0.4 is 10.2 Å². The fourth-order valence-corrected chi connectivity index (χ4v) is 3.60. The van der Waals surface area contributed by atoms with E-state index in [1.165, 1.54) is 4.90 Å². The fraction of sp³-hybridized carbons (Fsp3) is 0.526. The molecule has 0 spiro atoms. The van der Waals surface area contributed by atoms with E-state index in [1.54, 1.807) is 31.2 Å². The van der Waals surface area contributed by atoms with Crippen molar-refractivity contribution in [3.63, 3.8) is 0 Å². The van der Waals surface area contributed by atoms with E-state index in [0.29, 0.717) is 17.8 Å². The number of anilines is 1. The van der Waals surface area contributed by atoms with Crippen molar-refractivity contribution in [1.82, 2.24) is 5.32 Å². The summed E-state index contributed by atoms with van der Waals surface area (Å²) in [7, 11) is 0. The van der Waals surface area contributed by atoms with Crippen LogP contribution >= 0.6 is 0 Å². The van der Waals surface area contributed by atoms with Gasteiger partial charge in [-0.1, -0.05) is 25.0 Å². The van der Waals surface area contributed by atoms with Gasteiger partial charge in [-0.25, -0.2) is 4.79 Å². The molecule has 0 aromatic heterocycles. The Kier molecular flexibility index (Phi) is 5.36. The minimum Gasteiger partial charge on any atom is -0.462 e. The highest BCUT2D eigenvalue weighted by atomic mass is 16.5. The van der Waals surface area contributed by atoms with Crippen molar-refractivity contribution in [3.8, 4) is 0 Å². The minimum absolute atomic E-state index is 0.0589. The van der Waals surface area contributed by atoms with Gasteiger partial charge < -0.3 is 15.0 Å². The molecule has 134 valence electrons. The third kappa shape index (κ3) is 3.83. The second-order valence-corrected chi connectivity index (χ2v) is 6.63. The van der Waals surface area contributed by atoms with Crippen LogP contribution in [0.4, 0.5) is 5.69 Å². The third-order valence-corrected chi connectivity index (χ3v) is 4.89. The van der Waals surface area contributed by atoms with E-state index in [1.807, 2.05) is 0 Å². The third-order valence-electron chi connectivity index (χ3n) is 4.89. The predicted octanol–water partition coefficient (Wildman–Crippen LogP) is 2.28. The van der Waals surface area contributed by atoms with Crippen LogP contribution in [0.3, 0.4) is 0 Å². The standard InChI is InChI=1S/C19H24N2O4/c1-2-25-19(24)15-9-5-6-10-16(15)21-12-13(11-17(21)22)18(23)20-14-7-3-4-8-14/h5-6,9-10,13-14H,2-4,7-8,11-12H2,1H3,(H,20,23). The first-order chi connectivity index (χ1) is 12.1. The molecule has 0 bridgehead atoms. The number of carbonyl (C=O) groups excluding carboxylic acids is 3. The lowest BCUT2D eigenvalue weighted by Gasteiger charge is -2.20. The number of hydrogen-bond donors (Lipinski definition) is 1. The fourth-order valence-electron chi connectivity index (χ4n) is 3.60. The number of ether oxygens (including phenoxy) is 1. The summed E-state index contributed by atoms with van der Waals surface area (Å²) in [5, 5.41) is 3.06. The van der Waals surface area contributed by atoms with Gasteiger partial charge in [0, 0.05) is 19.0 Å². The number of para-hydroxylation sites is 1. The van der Waals surface area contributed by atoms with Crippen molar-refractivity contribution in [2.75, 3.05) is 18.1 Å². The maximum atomic E-state index is 12.5. The first-order valence-corrected chi connectivity index (χ1v) is 8.97. The first-order valence-electron chi connectivity index (χ1n) is 8.97. The molecule has 1 aromatic rings. The van der Waals surface area contributed by atoms with Gasteiger partial charge in [-0.2, -0.15) is 0 Å². The van der Waals surface area contributed by atoms with Crippen molar-refractivity contribution in [1.29, 1.82) is 0 Å². The van der Waals surface area contributed by atoms with Crippen LogP contribution in [0.25, 0.3) is 0 Å². The summed E-state index contributed by atoms with van der Waals surface area (Å²) in [4.78, 5) is 38.6. The van der Waals surface area contributed by atoms with Crippen LogP contribution in [0.5, 0.6) is 0 Å². The average molecular weight is 344 g/mol. The monoisotopic (exact) mass is 344 g/mol. The number of esters is 1. The Labute approximate surface area is 147 Å². The molecular weight excluding hydrogens is 320 g/mol. The largest absolute Gasteiger partial charge is 0.462 e. The molecule has 1 N–H and O–H groups in total. The highest BCUT2D eigenvalue weighted by molar-refractivity contribution is 6.05. The molecule has 2 aliphatic rings. The Hall–Kier alpha value is -2.37. The quantitative estimate of drug-likeness (QED) is 0.832. The van der Waals surface area contributed by atoms with Gasteiger partial charge in [-0.05, 0) is 31.9 Å². The number of benzene rings is 1.